The number of para-hydroxylation sites is 1. The van der Waals surface area contributed by atoms with Gasteiger partial charge in [-0.1, -0.05) is 12.1 Å². The molecule has 4 rings (SSSR count). The molecule has 0 unspecified atom stereocenters. The van der Waals surface area contributed by atoms with Gasteiger partial charge in [0.15, 0.2) is 0 Å². The second-order valence-corrected chi connectivity index (χ2v) is 5.95. The summed E-state index contributed by atoms with van der Waals surface area (Å²) in [6, 6.07) is 17.3. The molecule has 2 aromatic heterocycles. The lowest BCUT2D eigenvalue weighted by atomic mass is 10.2. The second kappa shape index (κ2) is 7.14. The molecule has 0 bridgehead atoms. The van der Waals surface area contributed by atoms with Crippen LogP contribution in [0.25, 0.3) is 10.9 Å². The number of rotatable bonds is 4. The van der Waals surface area contributed by atoms with Crippen LogP contribution in [0.2, 0.25) is 0 Å². The highest BCUT2D eigenvalue weighted by atomic mass is 16.5. The second-order valence-electron chi connectivity index (χ2n) is 5.95. The summed E-state index contributed by atoms with van der Waals surface area (Å²) in [6.07, 6.45) is 8.89. The molecule has 0 atom stereocenters. The van der Waals surface area contributed by atoms with Crippen LogP contribution < -0.4 is 10.1 Å². The number of anilines is 2. The Morgan fingerprint density at radius 1 is 1.00 bits per heavy atom. The Morgan fingerprint density at radius 2 is 1.81 bits per heavy atom. The summed E-state index contributed by atoms with van der Waals surface area (Å²) in [5, 5.41) is 4.25. The predicted octanol–water partition coefficient (Wildman–Crippen LogP) is 4.85. The Morgan fingerprint density at radius 3 is 2.59 bits per heavy atom. The molecule has 0 aliphatic heterocycles. The maximum atomic E-state index is 5.90. The topological polar surface area (TPSA) is 59.9 Å². The predicted molar refractivity (Wildman–Crippen MR) is 106 cm³/mol. The van der Waals surface area contributed by atoms with Crippen molar-refractivity contribution in [1.82, 2.24) is 15.0 Å². The fraction of sp³-hybridized carbons (Fsp3) is 0.0455. The third-order valence-electron chi connectivity index (χ3n) is 4.05. The van der Waals surface area contributed by atoms with Gasteiger partial charge in [0.05, 0.1) is 5.52 Å². The lowest BCUT2D eigenvalue weighted by Gasteiger charge is -2.12. The molecule has 0 radical (unpaired) electrons. The van der Waals surface area contributed by atoms with E-state index in [1.165, 1.54) is 0 Å². The minimum absolute atomic E-state index is 0.352. The van der Waals surface area contributed by atoms with Gasteiger partial charge in [0.2, 0.25) is 5.82 Å². The van der Waals surface area contributed by atoms with Crippen molar-refractivity contribution in [3.8, 4) is 23.8 Å². The maximum Gasteiger partial charge on any atom is 0.207 e. The van der Waals surface area contributed by atoms with Crippen molar-refractivity contribution < 1.29 is 4.74 Å². The summed E-state index contributed by atoms with van der Waals surface area (Å²) in [5.74, 6) is 5.06. The highest BCUT2D eigenvalue weighted by molar-refractivity contribution is 5.91. The summed E-state index contributed by atoms with van der Waals surface area (Å²) in [7, 11) is 0. The van der Waals surface area contributed by atoms with Crippen molar-refractivity contribution in [1.29, 1.82) is 0 Å². The van der Waals surface area contributed by atoms with Crippen molar-refractivity contribution in [3.63, 3.8) is 0 Å². The van der Waals surface area contributed by atoms with E-state index in [0.29, 0.717) is 11.6 Å². The summed E-state index contributed by atoms with van der Waals surface area (Å²) >= 11 is 0. The van der Waals surface area contributed by atoms with Crippen LogP contribution in [0, 0.1) is 19.3 Å². The number of ether oxygens (including phenoxy) is 1. The number of benzene rings is 2. The zero-order valence-electron chi connectivity index (χ0n) is 14.7. The third-order valence-corrected chi connectivity index (χ3v) is 4.05. The number of aryl methyl sites for hydroxylation is 1. The summed E-state index contributed by atoms with van der Waals surface area (Å²) in [4.78, 5) is 12.8. The van der Waals surface area contributed by atoms with Crippen molar-refractivity contribution in [2.45, 2.75) is 6.92 Å². The van der Waals surface area contributed by atoms with Gasteiger partial charge >= 0.3 is 0 Å². The van der Waals surface area contributed by atoms with E-state index in [1.54, 1.807) is 12.4 Å². The number of hydrogen-bond donors (Lipinski definition) is 1. The summed E-state index contributed by atoms with van der Waals surface area (Å²) in [5.41, 5.74) is 2.69. The molecular formula is C22H16N4O. The quantitative estimate of drug-likeness (QED) is 0.532. The van der Waals surface area contributed by atoms with Crippen molar-refractivity contribution in [2.75, 3.05) is 5.32 Å². The average molecular weight is 352 g/mol. The number of hydrogen-bond acceptors (Lipinski definition) is 5. The van der Waals surface area contributed by atoms with Crippen LogP contribution in [0.5, 0.6) is 11.5 Å². The summed E-state index contributed by atoms with van der Waals surface area (Å²) < 4.78 is 5.90. The van der Waals surface area contributed by atoms with Gasteiger partial charge in [0, 0.05) is 23.5 Å². The normalized spacial score (nSPS) is 10.4. The number of aromatic nitrogens is 3. The SMILES string of the molecule is C#Cc1nc(Nc2ccc(Oc3ccncc3)c(C)c2)c2ccccc2n1. The van der Waals surface area contributed by atoms with E-state index in [4.69, 9.17) is 11.2 Å². The summed E-state index contributed by atoms with van der Waals surface area (Å²) in [6.45, 7) is 1.99. The molecule has 0 amide bonds. The molecule has 2 aromatic carbocycles. The Bertz CT molecular complexity index is 1150. The van der Waals surface area contributed by atoms with Gasteiger partial charge in [-0.15, -0.1) is 6.42 Å². The van der Waals surface area contributed by atoms with Gasteiger partial charge in [0.25, 0.3) is 0 Å². The van der Waals surface area contributed by atoms with Crippen LogP contribution >= 0.6 is 0 Å². The molecule has 0 saturated heterocycles. The Balaban J connectivity index is 1.65. The molecule has 0 spiro atoms. The standard InChI is InChI=1S/C22H16N4O/c1-3-21-25-19-7-5-4-6-18(19)22(26-21)24-16-8-9-20(15(2)14-16)27-17-10-12-23-13-11-17/h1,4-14H,2H3,(H,24,25,26). The smallest absolute Gasteiger partial charge is 0.207 e. The van der Waals surface area contributed by atoms with E-state index in [0.717, 1.165) is 33.7 Å². The number of terminal acetylenes is 1. The van der Waals surface area contributed by atoms with Gasteiger partial charge in [-0.2, -0.15) is 0 Å². The molecule has 130 valence electrons. The highest BCUT2D eigenvalue weighted by Gasteiger charge is 2.08. The molecule has 0 fully saturated rings. The first-order valence-electron chi connectivity index (χ1n) is 8.42. The number of pyridine rings is 1. The molecule has 0 aliphatic rings. The van der Waals surface area contributed by atoms with Gasteiger partial charge in [0.1, 0.15) is 17.3 Å². The van der Waals surface area contributed by atoms with Gasteiger partial charge in [-0.3, -0.25) is 4.98 Å². The Kier molecular flexibility index (Phi) is 4.38. The largest absolute Gasteiger partial charge is 0.457 e. The zero-order valence-corrected chi connectivity index (χ0v) is 14.7. The van der Waals surface area contributed by atoms with Crippen molar-refractivity contribution in [2.24, 2.45) is 0 Å². The molecule has 0 saturated carbocycles. The number of fused-ring (bicyclic) bond motifs is 1. The molecule has 2 heterocycles. The molecule has 1 N–H and O–H groups in total. The number of nitrogens with zero attached hydrogens (tertiary/aromatic N) is 3. The monoisotopic (exact) mass is 352 g/mol. The van der Waals surface area contributed by atoms with E-state index < -0.39 is 0 Å². The highest BCUT2D eigenvalue weighted by Crippen LogP contribution is 2.29. The maximum absolute atomic E-state index is 5.90. The Labute approximate surface area is 157 Å². The van der Waals surface area contributed by atoms with E-state index in [1.807, 2.05) is 61.5 Å². The van der Waals surface area contributed by atoms with Crippen molar-refractivity contribution >= 4 is 22.4 Å². The molecule has 5 nitrogen and oxygen atoms in total. The fourth-order valence-electron chi connectivity index (χ4n) is 2.75. The van der Waals surface area contributed by atoms with E-state index in [2.05, 4.69) is 26.2 Å². The first-order chi connectivity index (χ1) is 13.2. The number of nitrogens with one attached hydrogen (secondary N) is 1. The molecule has 4 aromatic rings. The van der Waals surface area contributed by atoms with Crippen molar-refractivity contribution in [3.05, 3.63) is 78.4 Å². The first-order valence-corrected chi connectivity index (χ1v) is 8.42. The van der Waals surface area contributed by atoms with Crippen LogP contribution in [0.1, 0.15) is 11.4 Å². The van der Waals surface area contributed by atoms with Crippen LogP contribution in [-0.4, -0.2) is 15.0 Å². The minimum Gasteiger partial charge on any atom is -0.457 e. The third kappa shape index (κ3) is 3.55. The van der Waals surface area contributed by atoms with Crippen LogP contribution in [0.3, 0.4) is 0 Å². The van der Waals surface area contributed by atoms with Crippen LogP contribution in [0.4, 0.5) is 11.5 Å². The van der Waals surface area contributed by atoms with E-state index in [9.17, 15) is 0 Å². The molecular weight excluding hydrogens is 336 g/mol. The van der Waals surface area contributed by atoms with Gasteiger partial charge < -0.3 is 10.1 Å². The Hall–Kier alpha value is -3.91. The van der Waals surface area contributed by atoms with Gasteiger partial charge in [-0.05, 0) is 60.9 Å². The van der Waals surface area contributed by atoms with Gasteiger partial charge in [-0.25, -0.2) is 9.97 Å². The van der Waals surface area contributed by atoms with Crippen LogP contribution in [-0.2, 0) is 0 Å². The fourth-order valence-corrected chi connectivity index (χ4v) is 2.75. The minimum atomic E-state index is 0.352. The lowest BCUT2D eigenvalue weighted by Crippen LogP contribution is -2.00. The molecule has 0 aliphatic carbocycles. The van der Waals surface area contributed by atoms with Crippen LogP contribution in [0.15, 0.2) is 67.0 Å². The zero-order chi connectivity index (χ0) is 18.6. The average Bonchev–Trinajstić information content (AvgIpc) is 2.70. The van der Waals surface area contributed by atoms with E-state index in [-0.39, 0.29) is 0 Å². The van der Waals surface area contributed by atoms with E-state index >= 15 is 0 Å². The first kappa shape index (κ1) is 16.6. The molecule has 5 heteroatoms. The lowest BCUT2D eigenvalue weighted by molar-refractivity contribution is 0.478. The molecule has 27 heavy (non-hydrogen) atoms.